The summed E-state index contributed by atoms with van der Waals surface area (Å²) in [6, 6.07) is 6.75. The summed E-state index contributed by atoms with van der Waals surface area (Å²) in [5.74, 6) is -0.706. The van der Waals surface area contributed by atoms with Crippen molar-refractivity contribution in [1.82, 2.24) is 20.2 Å². The van der Waals surface area contributed by atoms with Crippen molar-refractivity contribution < 1.29 is 9.59 Å². The number of hydrogen-bond donors (Lipinski definition) is 2. The summed E-state index contributed by atoms with van der Waals surface area (Å²) in [5.41, 5.74) is 1.01. The number of halogens is 1. The standard InChI is InChI=1S/C20H22ClN5O2/c21-14-1-3-15(4-2-14)25-18(27)16-17(24-10-9-23-16)19(28)26-11-6-20(7-12-26)5-8-22-13-20/h1-4,9-10,22H,5-8,11-13H2,(H,25,27). The molecule has 3 heterocycles. The van der Waals surface area contributed by atoms with Gasteiger partial charge in [-0.1, -0.05) is 11.6 Å². The average molecular weight is 400 g/mol. The van der Waals surface area contributed by atoms with Gasteiger partial charge in [-0.25, -0.2) is 9.97 Å². The van der Waals surface area contributed by atoms with Gasteiger partial charge in [-0.05, 0) is 55.5 Å². The molecule has 2 fully saturated rings. The van der Waals surface area contributed by atoms with Gasteiger partial charge >= 0.3 is 0 Å². The van der Waals surface area contributed by atoms with Crippen LogP contribution in [0.25, 0.3) is 0 Å². The molecular weight excluding hydrogens is 378 g/mol. The number of carbonyl (C=O) groups is 2. The zero-order valence-corrected chi connectivity index (χ0v) is 16.2. The Hall–Kier alpha value is -2.51. The van der Waals surface area contributed by atoms with Gasteiger partial charge < -0.3 is 15.5 Å². The Kier molecular flexibility index (Phi) is 5.28. The van der Waals surface area contributed by atoms with Crippen molar-refractivity contribution in [2.45, 2.75) is 19.3 Å². The molecule has 1 spiro atoms. The number of carbonyl (C=O) groups excluding carboxylic acids is 2. The van der Waals surface area contributed by atoms with Crippen molar-refractivity contribution in [1.29, 1.82) is 0 Å². The minimum atomic E-state index is -0.466. The number of aromatic nitrogens is 2. The van der Waals surface area contributed by atoms with E-state index < -0.39 is 5.91 Å². The Morgan fingerprint density at radius 1 is 1.04 bits per heavy atom. The van der Waals surface area contributed by atoms with Crippen molar-refractivity contribution in [3.05, 3.63) is 53.1 Å². The Morgan fingerprint density at radius 3 is 2.36 bits per heavy atom. The van der Waals surface area contributed by atoms with E-state index in [0.717, 1.165) is 32.4 Å². The summed E-state index contributed by atoms with van der Waals surface area (Å²) in [5, 5.41) is 6.74. The molecule has 4 rings (SSSR count). The fraction of sp³-hybridized carbons (Fsp3) is 0.400. The number of nitrogens with zero attached hydrogens (tertiary/aromatic N) is 3. The number of benzene rings is 1. The SMILES string of the molecule is O=C(Nc1ccc(Cl)cc1)c1nccnc1C(=O)N1CCC2(CCNC2)CC1. The third-order valence-electron chi connectivity index (χ3n) is 5.66. The normalized spacial score (nSPS) is 18.2. The molecule has 2 aromatic rings. The number of piperidine rings is 1. The second-order valence-electron chi connectivity index (χ2n) is 7.43. The first-order valence-electron chi connectivity index (χ1n) is 9.44. The van der Waals surface area contributed by atoms with Crippen LogP contribution in [0, 0.1) is 5.41 Å². The lowest BCUT2D eigenvalue weighted by molar-refractivity contribution is 0.0598. The average Bonchev–Trinajstić information content (AvgIpc) is 3.17. The van der Waals surface area contributed by atoms with Gasteiger partial charge in [-0.15, -0.1) is 0 Å². The Balaban J connectivity index is 1.48. The van der Waals surface area contributed by atoms with Crippen LogP contribution >= 0.6 is 11.6 Å². The molecule has 2 aliphatic heterocycles. The molecule has 0 aliphatic carbocycles. The summed E-state index contributed by atoms with van der Waals surface area (Å²) in [6.45, 7) is 3.42. The van der Waals surface area contributed by atoms with Crippen molar-refractivity contribution in [3.8, 4) is 0 Å². The fourth-order valence-corrected chi connectivity index (χ4v) is 4.07. The third kappa shape index (κ3) is 3.86. The Labute approximate surface area is 168 Å². The minimum absolute atomic E-state index is 0.0327. The molecule has 2 saturated heterocycles. The van der Waals surface area contributed by atoms with Crippen LogP contribution in [0.1, 0.15) is 40.2 Å². The van der Waals surface area contributed by atoms with Crippen molar-refractivity contribution in [3.63, 3.8) is 0 Å². The molecule has 146 valence electrons. The molecule has 0 saturated carbocycles. The highest BCUT2D eigenvalue weighted by Gasteiger charge is 2.39. The first kappa shape index (κ1) is 18.8. The monoisotopic (exact) mass is 399 g/mol. The van der Waals surface area contributed by atoms with Gasteiger partial charge in [0.1, 0.15) is 0 Å². The van der Waals surface area contributed by atoms with Gasteiger partial charge in [0, 0.05) is 42.7 Å². The van der Waals surface area contributed by atoms with Crippen molar-refractivity contribution in [2.24, 2.45) is 5.41 Å². The van der Waals surface area contributed by atoms with Gasteiger partial charge in [0.05, 0.1) is 0 Å². The lowest BCUT2D eigenvalue weighted by Gasteiger charge is -2.38. The predicted octanol–water partition coefficient (Wildman–Crippen LogP) is 2.60. The zero-order chi connectivity index (χ0) is 19.6. The molecule has 28 heavy (non-hydrogen) atoms. The van der Waals surface area contributed by atoms with E-state index in [1.165, 1.54) is 12.4 Å². The molecular formula is C20H22ClN5O2. The smallest absolute Gasteiger partial charge is 0.276 e. The van der Waals surface area contributed by atoms with Crippen LogP contribution in [0.15, 0.2) is 36.7 Å². The third-order valence-corrected chi connectivity index (χ3v) is 5.91. The second kappa shape index (κ2) is 7.85. The van der Waals surface area contributed by atoms with E-state index in [1.54, 1.807) is 29.2 Å². The summed E-state index contributed by atoms with van der Waals surface area (Å²) < 4.78 is 0. The number of nitrogens with one attached hydrogen (secondary N) is 2. The molecule has 0 atom stereocenters. The van der Waals surface area contributed by atoms with Crippen LogP contribution in [0.5, 0.6) is 0 Å². The molecule has 7 nitrogen and oxygen atoms in total. The van der Waals surface area contributed by atoms with Gasteiger partial charge in [0.25, 0.3) is 11.8 Å². The fourth-order valence-electron chi connectivity index (χ4n) is 3.94. The van der Waals surface area contributed by atoms with E-state index in [1.807, 2.05) is 0 Å². The number of rotatable bonds is 3. The topological polar surface area (TPSA) is 87.2 Å². The lowest BCUT2D eigenvalue weighted by Crippen LogP contribution is -2.44. The largest absolute Gasteiger partial charge is 0.337 e. The van der Waals surface area contributed by atoms with Crippen LogP contribution < -0.4 is 10.6 Å². The summed E-state index contributed by atoms with van der Waals surface area (Å²) in [7, 11) is 0. The molecule has 0 unspecified atom stereocenters. The molecule has 0 bridgehead atoms. The number of amides is 2. The van der Waals surface area contributed by atoms with Gasteiger partial charge in [0.2, 0.25) is 0 Å². The minimum Gasteiger partial charge on any atom is -0.337 e. The molecule has 2 N–H and O–H groups in total. The molecule has 0 radical (unpaired) electrons. The van der Waals surface area contributed by atoms with Gasteiger partial charge in [-0.2, -0.15) is 0 Å². The van der Waals surface area contributed by atoms with E-state index in [0.29, 0.717) is 29.2 Å². The molecule has 8 heteroatoms. The van der Waals surface area contributed by atoms with E-state index in [9.17, 15) is 9.59 Å². The summed E-state index contributed by atoms with van der Waals surface area (Å²) >= 11 is 5.87. The Morgan fingerprint density at radius 2 is 1.71 bits per heavy atom. The molecule has 2 amide bonds. The van der Waals surface area contributed by atoms with Crippen LogP contribution in [0.2, 0.25) is 5.02 Å². The van der Waals surface area contributed by atoms with E-state index >= 15 is 0 Å². The van der Waals surface area contributed by atoms with Crippen LogP contribution in [0.4, 0.5) is 5.69 Å². The second-order valence-corrected chi connectivity index (χ2v) is 7.87. The van der Waals surface area contributed by atoms with Crippen LogP contribution in [-0.4, -0.2) is 52.9 Å². The molecule has 1 aromatic carbocycles. The maximum atomic E-state index is 13.0. The highest BCUT2D eigenvalue weighted by molar-refractivity contribution is 6.30. The van der Waals surface area contributed by atoms with Gasteiger partial charge in [-0.3, -0.25) is 9.59 Å². The lowest BCUT2D eigenvalue weighted by atomic mass is 9.78. The Bertz CT molecular complexity index is 870. The summed E-state index contributed by atoms with van der Waals surface area (Å²) in [4.78, 5) is 35.8. The van der Waals surface area contributed by atoms with Crippen molar-refractivity contribution in [2.75, 3.05) is 31.5 Å². The molecule has 2 aliphatic rings. The van der Waals surface area contributed by atoms with E-state index in [-0.39, 0.29) is 17.3 Å². The maximum Gasteiger partial charge on any atom is 0.276 e. The predicted molar refractivity (Wildman–Crippen MR) is 106 cm³/mol. The number of hydrogen-bond acceptors (Lipinski definition) is 5. The van der Waals surface area contributed by atoms with Gasteiger partial charge in [0.15, 0.2) is 11.4 Å². The van der Waals surface area contributed by atoms with E-state index in [4.69, 9.17) is 11.6 Å². The summed E-state index contributed by atoms with van der Waals surface area (Å²) in [6.07, 6.45) is 5.97. The number of likely N-dealkylation sites (tertiary alicyclic amines) is 1. The van der Waals surface area contributed by atoms with Crippen molar-refractivity contribution >= 4 is 29.1 Å². The van der Waals surface area contributed by atoms with Crippen LogP contribution in [0.3, 0.4) is 0 Å². The van der Waals surface area contributed by atoms with Crippen LogP contribution in [-0.2, 0) is 0 Å². The number of anilines is 1. The van der Waals surface area contributed by atoms with E-state index in [2.05, 4.69) is 20.6 Å². The first-order valence-corrected chi connectivity index (χ1v) is 9.82. The maximum absolute atomic E-state index is 13.0. The highest BCUT2D eigenvalue weighted by atomic mass is 35.5. The molecule has 1 aromatic heterocycles. The first-order chi connectivity index (χ1) is 13.6. The quantitative estimate of drug-likeness (QED) is 0.828. The zero-order valence-electron chi connectivity index (χ0n) is 15.4. The highest BCUT2D eigenvalue weighted by Crippen LogP contribution is 2.37.